The number of likely N-dealkylation sites (N-methyl/N-ethyl adjacent to an activating group) is 1. The molecule has 0 aromatic heterocycles. The number of hydrogen-bond acceptors (Lipinski definition) is 2. The molecule has 2 aromatic rings. The SMILES string of the molecule is CN1C(=O)[C@@H](O)[C@H](c2ccccc2)[C@@H]1Cc1ccccc1. The van der Waals surface area contributed by atoms with Crippen molar-refractivity contribution in [2.45, 2.75) is 24.5 Å². The van der Waals surface area contributed by atoms with Gasteiger partial charge in [0.25, 0.3) is 5.91 Å². The van der Waals surface area contributed by atoms with Crippen LogP contribution in [0.15, 0.2) is 60.7 Å². The second-order valence-electron chi connectivity index (χ2n) is 5.59. The summed E-state index contributed by atoms with van der Waals surface area (Å²) in [6, 6.07) is 19.9. The minimum Gasteiger partial charge on any atom is -0.383 e. The van der Waals surface area contributed by atoms with Gasteiger partial charge in [0.1, 0.15) is 6.10 Å². The average Bonchev–Trinajstić information content (AvgIpc) is 2.74. The summed E-state index contributed by atoms with van der Waals surface area (Å²) in [7, 11) is 1.78. The molecule has 1 N–H and O–H groups in total. The summed E-state index contributed by atoms with van der Waals surface area (Å²) in [6.07, 6.45) is -0.203. The number of carbonyl (C=O) groups excluding carboxylic acids is 1. The van der Waals surface area contributed by atoms with Crippen LogP contribution in [0.4, 0.5) is 0 Å². The van der Waals surface area contributed by atoms with Crippen LogP contribution in [0.2, 0.25) is 0 Å². The number of nitrogens with zero attached hydrogens (tertiary/aromatic N) is 1. The van der Waals surface area contributed by atoms with Crippen molar-refractivity contribution in [2.24, 2.45) is 0 Å². The lowest BCUT2D eigenvalue weighted by Gasteiger charge is -2.25. The van der Waals surface area contributed by atoms with Crippen LogP contribution in [0.3, 0.4) is 0 Å². The third-order valence-corrected chi connectivity index (χ3v) is 4.32. The Labute approximate surface area is 124 Å². The minimum atomic E-state index is -0.953. The fraction of sp³-hybridized carbons (Fsp3) is 0.278. The van der Waals surface area contributed by atoms with E-state index in [9.17, 15) is 9.90 Å². The van der Waals surface area contributed by atoms with Crippen LogP contribution in [-0.4, -0.2) is 35.1 Å². The molecule has 1 saturated heterocycles. The van der Waals surface area contributed by atoms with E-state index in [1.54, 1.807) is 11.9 Å². The normalized spacial score (nSPS) is 25.3. The molecule has 21 heavy (non-hydrogen) atoms. The van der Waals surface area contributed by atoms with Gasteiger partial charge in [-0.1, -0.05) is 60.7 Å². The molecule has 1 fully saturated rings. The van der Waals surface area contributed by atoms with Gasteiger partial charge in [0, 0.05) is 19.0 Å². The van der Waals surface area contributed by atoms with Crippen molar-refractivity contribution in [3.05, 3.63) is 71.8 Å². The fourth-order valence-electron chi connectivity index (χ4n) is 3.18. The first-order valence-corrected chi connectivity index (χ1v) is 7.22. The summed E-state index contributed by atoms with van der Waals surface area (Å²) in [5, 5.41) is 10.3. The standard InChI is InChI=1S/C18H19NO2/c1-19-15(12-13-8-4-2-5-9-13)16(17(20)18(19)21)14-10-6-3-7-11-14/h2-11,15-17,20H,12H2,1H3/t15-,16+,17-/m0/s1. The first-order chi connectivity index (χ1) is 10.2. The van der Waals surface area contributed by atoms with Crippen molar-refractivity contribution in [3.8, 4) is 0 Å². The molecule has 0 unspecified atom stereocenters. The number of amides is 1. The van der Waals surface area contributed by atoms with Crippen molar-refractivity contribution >= 4 is 5.91 Å². The summed E-state index contributed by atoms with van der Waals surface area (Å²) < 4.78 is 0. The van der Waals surface area contributed by atoms with E-state index in [1.165, 1.54) is 5.56 Å². The Morgan fingerprint density at radius 2 is 1.57 bits per heavy atom. The molecule has 1 heterocycles. The van der Waals surface area contributed by atoms with Crippen LogP contribution < -0.4 is 0 Å². The molecule has 1 amide bonds. The highest BCUT2D eigenvalue weighted by Crippen LogP contribution is 2.35. The molecule has 0 radical (unpaired) electrons. The third kappa shape index (κ3) is 2.57. The molecule has 0 spiro atoms. The molecule has 2 aromatic carbocycles. The van der Waals surface area contributed by atoms with Gasteiger partial charge in [-0.05, 0) is 17.5 Å². The van der Waals surface area contributed by atoms with E-state index in [1.807, 2.05) is 48.5 Å². The molecule has 3 nitrogen and oxygen atoms in total. The first kappa shape index (κ1) is 13.8. The Balaban J connectivity index is 1.93. The summed E-state index contributed by atoms with van der Waals surface area (Å²) in [5.41, 5.74) is 2.20. The number of likely N-dealkylation sites (tertiary alicyclic amines) is 1. The van der Waals surface area contributed by atoms with Crippen LogP contribution in [0.25, 0.3) is 0 Å². The van der Waals surface area contributed by atoms with Crippen LogP contribution in [0, 0.1) is 0 Å². The second kappa shape index (κ2) is 5.70. The van der Waals surface area contributed by atoms with Gasteiger partial charge in [0.2, 0.25) is 0 Å². The van der Waals surface area contributed by atoms with Gasteiger partial charge in [0.05, 0.1) is 0 Å². The molecule has 108 valence electrons. The number of aliphatic hydroxyl groups is 1. The van der Waals surface area contributed by atoms with E-state index < -0.39 is 6.10 Å². The molecule has 3 rings (SSSR count). The van der Waals surface area contributed by atoms with Crippen LogP contribution in [0.1, 0.15) is 17.0 Å². The zero-order valence-electron chi connectivity index (χ0n) is 12.0. The highest BCUT2D eigenvalue weighted by Gasteiger charge is 2.45. The van der Waals surface area contributed by atoms with E-state index in [-0.39, 0.29) is 17.9 Å². The van der Waals surface area contributed by atoms with Gasteiger partial charge in [-0.15, -0.1) is 0 Å². The molecule has 1 aliphatic heterocycles. The maximum atomic E-state index is 12.2. The molecule has 0 saturated carbocycles. The van der Waals surface area contributed by atoms with Gasteiger partial charge >= 0.3 is 0 Å². The quantitative estimate of drug-likeness (QED) is 0.937. The van der Waals surface area contributed by atoms with Crippen molar-refractivity contribution in [3.63, 3.8) is 0 Å². The molecule has 3 heteroatoms. The number of aliphatic hydroxyl groups excluding tert-OH is 1. The monoisotopic (exact) mass is 281 g/mol. The maximum Gasteiger partial charge on any atom is 0.252 e. The fourth-order valence-corrected chi connectivity index (χ4v) is 3.18. The van der Waals surface area contributed by atoms with Gasteiger partial charge in [0.15, 0.2) is 0 Å². The Bertz CT molecular complexity index is 612. The summed E-state index contributed by atoms with van der Waals surface area (Å²) in [5.74, 6) is -0.367. The highest BCUT2D eigenvalue weighted by atomic mass is 16.3. The van der Waals surface area contributed by atoms with E-state index >= 15 is 0 Å². The molecule has 0 bridgehead atoms. The molecule has 0 aliphatic carbocycles. The van der Waals surface area contributed by atoms with E-state index in [4.69, 9.17) is 0 Å². The molecular formula is C18H19NO2. The second-order valence-corrected chi connectivity index (χ2v) is 5.59. The maximum absolute atomic E-state index is 12.2. The van der Waals surface area contributed by atoms with Gasteiger partial charge in [-0.2, -0.15) is 0 Å². The number of rotatable bonds is 3. The van der Waals surface area contributed by atoms with Crippen molar-refractivity contribution in [1.29, 1.82) is 0 Å². The largest absolute Gasteiger partial charge is 0.383 e. The first-order valence-electron chi connectivity index (χ1n) is 7.22. The van der Waals surface area contributed by atoms with Crippen LogP contribution in [0.5, 0.6) is 0 Å². The predicted octanol–water partition coefficient (Wildman–Crippen LogP) is 2.21. The van der Waals surface area contributed by atoms with Crippen molar-refractivity contribution in [2.75, 3.05) is 7.05 Å². The molecular weight excluding hydrogens is 262 g/mol. The van der Waals surface area contributed by atoms with E-state index in [2.05, 4.69) is 12.1 Å². The number of hydrogen-bond donors (Lipinski definition) is 1. The third-order valence-electron chi connectivity index (χ3n) is 4.32. The Morgan fingerprint density at radius 1 is 1.00 bits per heavy atom. The Hall–Kier alpha value is -2.13. The van der Waals surface area contributed by atoms with Gasteiger partial charge < -0.3 is 10.0 Å². The minimum absolute atomic E-state index is 0.0164. The van der Waals surface area contributed by atoms with Gasteiger partial charge in [-0.3, -0.25) is 4.79 Å². The van der Waals surface area contributed by atoms with E-state index in [0.29, 0.717) is 0 Å². The van der Waals surface area contributed by atoms with Crippen LogP contribution >= 0.6 is 0 Å². The predicted molar refractivity (Wildman–Crippen MR) is 81.9 cm³/mol. The lowest BCUT2D eigenvalue weighted by molar-refractivity contribution is -0.134. The zero-order valence-corrected chi connectivity index (χ0v) is 12.0. The number of carbonyl (C=O) groups is 1. The lowest BCUT2D eigenvalue weighted by Crippen LogP contribution is -2.33. The average molecular weight is 281 g/mol. The Kier molecular flexibility index (Phi) is 3.76. The zero-order chi connectivity index (χ0) is 14.8. The highest BCUT2D eigenvalue weighted by molar-refractivity contribution is 5.85. The van der Waals surface area contributed by atoms with Gasteiger partial charge in [-0.25, -0.2) is 0 Å². The lowest BCUT2D eigenvalue weighted by atomic mass is 9.86. The summed E-state index contributed by atoms with van der Waals surface area (Å²) in [6.45, 7) is 0. The van der Waals surface area contributed by atoms with E-state index in [0.717, 1.165) is 12.0 Å². The number of benzene rings is 2. The Morgan fingerprint density at radius 3 is 2.19 bits per heavy atom. The molecule has 1 aliphatic rings. The molecule has 3 atom stereocenters. The summed E-state index contributed by atoms with van der Waals surface area (Å²) in [4.78, 5) is 13.9. The van der Waals surface area contributed by atoms with Crippen LogP contribution in [-0.2, 0) is 11.2 Å². The topological polar surface area (TPSA) is 40.5 Å². The van der Waals surface area contributed by atoms with Crippen molar-refractivity contribution < 1.29 is 9.90 Å². The summed E-state index contributed by atoms with van der Waals surface area (Å²) >= 11 is 0. The van der Waals surface area contributed by atoms with Crippen molar-refractivity contribution in [1.82, 2.24) is 4.90 Å². The smallest absolute Gasteiger partial charge is 0.252 e.